The fourth-order valence-corrected chi connectivity index (χ4v) is 1.37. The maximum absolute atomic E-state index is 3.72. The van der Waals surface area contributed by atoms with Gasteiger partial charge in [0.05, 0.1) is 0 Å². The molecule has 0 unspecified atom stereocenters. The van der Waals surface area contributed by atoms with Gasteiger partial charge in [0, 0.05) is 5.33 Å². The van der Waals surface area contributed by atoms with Gasteiger partial charge in [0.25, 0.3) is 0 Å². The maximum Gasteiger partial charge on any atom is 0.0288 e. The number of benzene rings is 1. The third-order valence-corrected chi connectivity index (χ3v) is 2.02. The molecule has 0 atom stereocenters. The van der Waals surface area contributed by atoms with Crippen LogP contribution in [0, 0.1) is 0 Å². The average molecular weight is 259 g/mol. The van der Waals surface area contributed by atoms with Crippen LogP contribution in [0.1, 0.15) is 11.1 Å². The third-order valence-electron chi connectivity index (χ3n) is 1.42. The number of rotatable bonds is 2. The van der Waals surface area contributed by atoms with Crippen molar-refractivity contribution in [2.24, 2.45) is 0 Å². The number of hydrogen-bond acceptors (Lipinski definition) is 0. The van der Waals surface area contributed by atoms with E-state index in [1.54, 1.807) is 0 Å². The second kappa shape index (κ2) is 8.47. The molecule has 0 fully saturated rings. The highest BCUT2D eigenvalue weighted by Crippen LogP contribution is 2.12. The lowest BCUT2D eigenvalue weighted by Gasteiger charge is -1.98. The summed E-state index contributed by atoms with van der Waals surface area (Å²) in [6, 6.07) is 8.20. The van der Waals surface area contributed by atoms with Gasteiger partial charge < -0.3 is 0 Å². The Morgan fingerprint density at radius 2 is 1.92 bits per heavy atom. The molecule has 72 valence electrons. The minimum Gasteiger partial charge on any atom is -0.129 e. The predicted octanol–water partition coefficient (Wildman–Crippen LogP) is 4.15. The Labute approximate surface area is 91.4 Å². The van der Waals surface area contributed by atoms with Gasteiger partial charge in [0.15, 0.2) is 0 Å². The van der Waals surface area contributed by atoms with Crippen molar-refractivity contribution in [1.82, 2.24) is 0 Å². The number of hydrogen-bond donors (Lipinski definition) is 0. The molecule has 0 aliphatic carbocycles. The average Bonchev–Trinajstić information content (AvgIpc) is 2.19. The standard InChI is InChI=1S/C9H9Br.C2H7P/c1-2-8-5-3-4-6-9(8)7-10;1-3-2/h2-6H,1,7H2;3H,1-2H3. The molecule has 1 aromatic carbocycles. The molecule has 13 heavy (non-hydrogen) atoms. The van der Waals surface area contributed by atoms with Gasteiger partial charge in [-0.15, -0.1) is 8.58 Å². The molecule has 0 N–H and O–H groups in total. The summed E-state index contributed by atoms with van der Waals surface area (Å²) in [5.41, 5.74) is 2.50. The van der Waals surface area contributed by atoms with Crippen molar-refractivity contribution in [3.63, 3.8) is 0 Å². The molecule has 0 radical (unpaired) electrons. The van der Waals surface area contributed by atoms with Gasteiger partial charge >= 0.3 is 0 Å². The fraction of sp³-hybridized carbons (Fsp3) is 0.273. The van der Waals surface area contributed by atoms with E-state index in [4.69, 9.17) is 0 Å². The first-order valence-corrected chi connectivity index (χ1v) is 7.27. The Balaban J connectivity index is 0.000000424. The van der Waals surface area contributed by atoms with Crippen molar-refractivity contribution in [2.75, 3.05) is 13.3 Å². The maximum atomic E-state index is 3.72. The minimum absolute atomic E-state index is 0.898. The summed E-state index contributed by atoms with van der Waals surface area (Å²) in [4.78, 5) is 0. The number of halogens is 1. The predicted molar refractivity (Wildman–Crippen MR) is 69.3 cm³/mol. The van der Waals surface area contributed by atoms with Gasteiger partial charge in [-0.05, 0) is 24.5 Å². The lowest BCUT2D eigenvalue weighted by atomic mass is 10.1. The van der Waals surface area contributed by atoms with Crippen LogP contribution < -0.4 is 0 Å². The van der Waals surface area contributed by atoms with E-state index in [1.165, 1.54) is 11.1 Å². The van der Waals surface area contributed by atoms with Crippen LogP contribution in [-0.2, 0) is 5.33 Å². The SMILES string of the molecule is C=Cc1ccccc1CBr.CPC. The summed E-state index contributed by atoms with van der Waals surface area (Å²) in [5, 5.41) is 0.898. The second-order valence-corrected chi connectivity index (χ2v) is 4.10. The van der Waals surface area contributed by atoms with E-state index in [2.05, 4.69) is 48.0 Å². The van der Waals surface area contributed by atoms with Crippen LogP contribution in [0.2, 0.25) is 0 Å². The fourth-order valence-electron chi connectivity index (χ4n) is 0.855. The van der Waals surface area contributed by atoms with Crippen LogP contribution in [0.5, 0.6) is 0 Å². The Kier molecular flexibility index (Phi) is 8.38. The van der Waals surface area contributed by atoms with E-state index < -0.39 is 0 Å². The topological polar surface area (TPSA) is 0 Å². The van der Waals surface area contributed by atoms with E-state index in [1.807, 2.05) is 18.2 Å². The first kappa shape index (κ1) is 12.9. The lowest BCUT2D eigenvalue weighted by molar-refractivity contribution is 1.41. The van der Waals surface area contributed by atoms with Gasteiger partial charge in [-0.3, -0.25) is 0 Å². The summed E-state index contributed by atoms with van der Waals surface area (Å²) in [6.07, 6.45) is 1.87. The van der Waals surface area contributed by atoms with Crippen LogP contribution in [0.15, 0.2) is 30.8 Å². The molecule has 2 heteroatoms. The molecule has 0 aliphatic rings. The van der Waals surface area contributed by atoms with Crippen molar-refractivity contribution < 1.29 is 0 Å². The van der Waals surface area contributed by atoms with Crippen molar-refractivity contribution in [2.45, 2.75) is 5.33 Å². The molecule has 1 aromatic rings. The molecule has 0 heterocycles. The van der Waals surface area contributed by atoms with E-state index in [0.29, 0.717) is 0 Å². The van der Waals surface area contributed by atoms with Crippen molar-refractivity contribution >= 4 is 30.6 Å². The van der Waals surface area contributed by atoms with Crippen LogP contribution in [0.3, 0.4) is 0 Å². The van der Waals surface area contributed by atoms with Crippen molar-refractivity contribution in [1.29, 1.82) is 0 Å². The first-order valence-electron chi connectivity index (χ1n) is 4.15. The molecule has 0 aliphatic heterocycles. The van der Waals surface area contributed by atoms with Crippen LogP contribution in [0.25, 0.3) is 6.08 Å². The van der Waals surface area contributed by atoms with Crippen LogP contribution in [0.4, 0.5) is 0 Å². The largest absolute Gasteiger partial charge is 0.129 e. The molecule has 0 spiro atoms. The molecular formula is C11H16BrP. The first-order chi connectivity index (χ1) is 6.29. The van der Waals surface area contributed by atoms with Gasteiger partial charge in [-0.1, -0.05) is 52.9 Å². The van der Waals surface area contributed by atoms with Gasteiger partial charge in [-0.25, -0.2) is 0 Å². The summed E-state index contributed by atoms with van der Waals surface area (Å²) < 4.78 is 0. The molecule has 1 rings (SSSR count). The monoisotopic (exact) mass is 258 g/mol. The van der Waals surface area contributed by atoms with Crippen LogP contribution in [-0.4, -0.2) is 13.3 Å². The van der Waals surface area contributed by atoms with Crippen molar-refractivity contribution in [3.05, 3.63) is 42.0 Å². The molecule has 0 nitrogen and oxygen atoms in total. The van der Waals surface area contributed by atoms with Gasteiger partial charge in [0.1, 0.15) is 0 Å². The highest BCUT2D eigenvalue weighted by atomic mass is 79.9. The van der Waals surface area contributed by atoms with Gasteiger partial charge in [0.2, 0.25) is 0 Å². The van der Waals surface area contributed by atoms with Gasteiger partial charge in [-0.2, -0.15) is 0 Å². The molecule has 0 saturated heterocycles. The molecule has 0 bridgehead atoms. The molecular weight excluding hydrogens is 243 g/mol. The molecule has 0 aromatic heterocycles. The van der Waals surface area contributed by atoms with E-state index >= 15 is 0 Å². The van der Waals surface area contributed by atoms with E-state index in [9.17, 15) is 0 Å². The summed E-state index contributed by atoms with van der Waals surface area (Å²) in [7, 11) is 1.08. The summed E-state index contributed by atoms with van der Waals surface area (Å²) >= 11 is 3.40. The lowest BCUT2D eigenvalue weighted by Crippen LogP contribution is -1.80. The Bertz CT molecular complexity index is 246. The Morgan fingerprint density at radius 1 is 1.38 bits per heavy atom. The zero-order chi connectivity index (χ0) is 10.1. The summed E-state index contributed by atoms with van der Waals surface area (Å²) in [5.74, 6) is 0. The third kappa shape index (κ3) is 5.23. The number of alkyl halides is 1. The molecule has 0 amide bonds. The molecule has 0 saturated carbocycles. The smallest absolute Gasteiger partial charge is 0.0288 e. The Hall–Kier alpha value is -0.130. The minimum atomic E-state index is 0.898. The van der Waals surface area contributed by atoms with Crippen molar-refractivity contribution in [3.8, 4) is 0 Å². The van der Waals surface area contributed by atoms with Crippen LogP contribution >= 0.6 is 24.5 Å². The highest BCUT2D eigenvalue weighted by Gasteiger charge is 1.92. The van der Waals surface area contributed by atoms with E-state index in [0.717, 1.165) is 13.9 Å². The zero-order valence-electron chi connectivity index (χ0n) is 8.18. The van der Waals surface area contributed by atoms with E-state index in [-0.39, 0.29) is 0 Å². The zero-order valence-corrected chi connectivity index (χ0v) is 10.8. The second-order valence-electron chi connectivity index (χ2n) is 2.54. The highest BCUT2D eigenvalue weighted by molar-refractivity contribution is 9.08. The normalized spacial score (nSPS) is 8.54. The quantitative estimate of drug-likeness (QED) is 0.553. The Morgan fingerprint density at radius 3 is 2.31 bits per heavy atom. The summed E-state index contributed by atoms with van der Waals surface area (Å²) in [6.45, 7) is 8.02.